The fourth-order valence-electron chi connectivity index (χ4n) is 4.12. The van der Waals surface area contributed by atoms with E-state index in [-0.39, 0.29) is 11.7 Å². The van der Waals surface area contributed by atoms with Crippen molar-refractivity contribution in [3.8, 4) is 11.5 Å². The second kappa shape index (κ2) is 20.0. The van der Waals surface area contributed by atoms with Gasteiger partial charge in [-0.3, -0.25) is 4.79 Å². The van der Waals surface area contributed by atoms with Gasteiger partial charge < -0.3 is 9.47 Å². The van der Waals surface area contributed by atoms with Gasteiger partial charge in [0.25, 0.3) is 0 Å². The van der Waals surface area contributed by atoms with Gasteiger partial charge in [-0.1, -0.05) is 90.9 Å². The molecule has 1 atom stereocenters. The van der Waals surface area contributed by atoms with Crippen LogP contribution in [-0.4, -0.2) is 24.5 Å². The highest BCUT2D eigenvalue weighted by Gasteiger charge is 2.10. The summed E-state index contributed by atoms with van der Waals surface area (Å²) in [6.45, 7) is 5.16. The number of hydrogen-bond acceptors (Lipinski definition) is 4. The largest absolute Gasteiger partial charge is 0.494 e. The summed E-state index contributed by atoms with van der Waals surface area (Å²) in [5.41, 5.74) is 0.596. The normalized spacial score (nSPS) is 11.9. The molecule has 0 aromatic heterocycles. The quantitative estimate of drug-likeness (QED) is 0.119. The topological polar surface area (TPSA) is 35.5 Å². The molecule has 37 heavy (non-hydrogen) atoms. The number of hydrogen-bond donors (Lipinski definition) is 0. The Hall–Kier alpha value is -2.01. The van der Waals surface area contributed by atoms with Gasteiger partial charge >= 0.3 is 0 Å². The highest BCUT2D eigenvalue weighted by Crippen LogP contribution is 2.26. The molecule has 0 saturated carbocycles. The van der Waals surface area contributed by atoms with Gasteiger partial charge in [0.05, 0.1) is 6.61 Å². The van der Waals surface area contributed by atoms with Crippen molar-refractivity contribution in [3.05, 3.63) is 54.1 Å². The maximum Gasteiger partial charge on any atom is 0.224 e. The van der Waals surface area contributed by atoms with Crippen LogP contribution in [0.5, 0.6) is 11.5 Å². The summed E-state index contributed by atoms with van der Waals surface area (Å²) in [6, 6.07) is 14.6. The summed E-state index contributed by atoms with van der Waals surface area (Å²) in [6.07, 6.45) is 15.7. The van der Waals surface area contributed by atoms with Crippen LogP contribution in [0.4, 0.5) is 4.39 Å². The Balaban J connectivity index is 1.60. The first kappa shape index (κ1) is 31.2. The molecule has 206 valence electrons. The predicted octanol–water partition coefficient (Wildman–Crippen LogP) is 10.2. The van der Waals surface area contributed by atoms with E-state index in [1.807, 2.05) is 24.3 Å². The lowest BCUT2D eigenvalue weighted by atomic mass is 10.1. The molecule has 1 unspecified atom stereocenters. The van der Waals surface area contributed by atoms with E-state index in [4.69, 9.17) is 9.47 Å². The molecule has 0 N–H and O–H groups in total. The predicted molar refractivity (Wildman–Crippen MR) is 155 cm³/mol. The molecule has 0 aliphatic carbocycles. The summed E-state index contributed by atoms with van der Waals surface area (Å²) in [5, 5.41) is -0.0338. The third-order valence-corrected chi connectivity index (χ3v) is 7.37. The zero-order valence-corrected chi connectivity index (χ0v) is 23.8. The number of unbranched alkanes of at least 4 members (excludes halogenated alkanes) is 11. The SMILES string of the molecule is CCCCCCCCCCCCOc1ccc(SC(=O)c2ccc(OCC(F)CCCCC)cc2)cc1. The first-order valence-corrected chi connectivity index (χ1v) is 15.3. The van der Waals surface area contributed by atoms with Crippen LogP contribution in [0.2, 0.25) is 0 Å². The van der Waals surface area contributed by atoms with Crippen LogP contribution in [0.15, 0.2) is 53.4 Å². The van der Waals surface area contributed by atoms with E-state index in [9.17, 15) is 9.18 Å². The molecule has 2 aromatic rings. The second-order valence-electron chi connectivity index (χ2n) is 9.82. The smallest absolute Gasteiger partial charge is 0.224 e. The van der Waals surface area contributed by atoms with Crippen molar-refractivity contribution in [1.82, 2.24) is 0 Å². The van der Waals surface area contributed by atoms with Gasteiger partial charge in [-0.2, -0.15) is 0 Å². The Morgan fingerprint density at radius 3 is 1.84 bits per heavy atom. The van der Waals surface area contributed by atoms with E-state index in [2.05, 4.69) is 13.8 Å². The van der Waals surface area contributed by atoms with Crippen LogP contribution >= 0.6 is 11.8 Å². The Kier molecular flexibility index (Phi) is 16.9. The van der Waals surface area contributed by atoms with Crippen LogP contribution in [0.1, 0.15) is 114 Å². The number of ether oxygens (including phenoxy) is 2. The monoisotopic (exact) mass is 530 g/mol. The summed E-state index contributed by atoms with van der Waals surface area (Å²) in [4.78, 5) is 13.5. The highest BCUT2D eigenvalue weighted by molar-refractivity contribution is 8.14. The van der Waals surface area contributed by atoms with Gasteiger partial charge in [0.15, 0.2) is 0 Å². The van der Waals surface area contributed by atoms with Gasteiger partial charge in [0.1, 0.15) is 24.3 Å². The molecule has 3 nitrogen and oxygen atoms in total. The van der Waals surface area contributed by atoms with Crippen LogP contribution in [0.25, 0.3) is 0 Å². The molecule has 0 bridgehead atoms. The van der Waals surface area contributed by atoms with Crippen LogP contribution in [0.3, 0.4) is 0 Å². The van der Waals surface area contributed by atoms with Gasteiger partial charge in [0, 0.05) is 10.5 Å². The molecular formula is C32H47FO3S. The number of rotatable bonds is 21. The second-order valence-corrected chi connectivity index (χ2v) is 10.9. The molecule has 0 heterocycles. The molecule has 0 saturated heterocycles. The Labute approximate surface area is 228 Å². The van der Waals surface area contributed by atoms with E-state index in [0.29, 0.717) is 17.7 Å². The molecule has 2 rings (SSSR count). The molecular weight excluding hydrogens is 483 g/mol. The summed E-state index contributed by atoms with van der Waals surface area (Å²) in [7, 11) is 0. The van der Waals surface area contributed by atoms with Crippen molar-refractivity contribution >= 4 is 16.9 Å². The first-order chi connectivity index (χ1) is 18.1. The minimum Gasteiger partial charge on any atom is -0.494 e. The zero-order chi connectivity index (χ0) is 26.6. The maximum absolute atomic E-state index is 13.9. The van der Waals surface area contributed by atoms with E-state index < -0.39 is 6.17 Å². The molecule has 0 spiro atoms. The number of carbonyl (C=O) groups is 1. The number of halogens is 1. The van der Waals surface area contributed by atoms with Crippen LogP contribution in [0, 0.1) is 0 Å². The third kappa shape index (κ3) is 14.5. The highest BCUT2D eigenvalue weighted by atomic mass is 32.2. The molecule has 2 aromatic carbocycles. The molecule has 0 radical (unpaired) electrons. The van der Waals surface area contributed by atoms with E-state index >= 15 is 0 Å². The first-order valence-electron chi connectivity index (χ1n) is 14.4. The van der Waals surface area contributed by atoms with Crippen molar-refractivity contribution in [1.29, 1.82) is 0 Å². The van der Waals surface area contributed by atoms with Gasteiger partial charge in [-0.05, 0) is 73.1 Å². The molecule has 0 fully saturated rings. The van der Waals surface area contributed by atoms with Crippen LogP contribution < -0.4 is 9.47 Å². The molecule has 5 heteroatoms. The van der Waals surface area contributed by atoms with Gasteiger partial charge in [-0.25, -0.2) is 4.39 Å². The minimum atomic E-state index is -0.953. The lowest BCUT2D eigenvalue weighted by Gasteiger charge is -2.10. The Bertz CT molecular complexity index is 838. The standard InChI is InChI=1S/C32H47FO3S/c1-3-5-7-8-9-10-11-12-13-15-25-35-29-21-23-31(24-22-29)37-32(34)27-17-19-30(20-18-27)36-26-28(33)16-14-6-4-2/h17-24,28H,3-16,25-26H2,1-2H3. The number of benzene rings is 2. The average Bonchev–Trinajstić information content (AvgIpc) is 2.92. The lowest BCUT2D eigenvalue weighted by Crippen LogP contribution is -2.12. The summed E-state index contributed by atoms with van der Waals surface area (Å²) >= 11 is 1.19. The van der Waals surface area contributed by atoms with E-state index in [1.54, 1.807) is 24.3 Å². The maximum atomic E-state index is 13.9. The fourth-order valence-corrected chi connectivity index (χ4v) is 4.86. The van der Waals surface area contributed by atoms with Crippen molar-refractivity contribution in [2.45, 2.75) is 115 Å². The summed E-state index contributed by atoms with van der Waals surface area (Å²) in [5.74, 6) is 1.43. The van der Waals surface area contributed by atoms with Crippen molar-refractivity contribution in [2.75, 3.05) is 13.2 Å². The molecule has 0 aliphatic rings. The van der Waals surface area contributed by atoms with E-state index in [0.717, 1.165) is 42.9 Å². The lowest BCUT2D eigenvalue weighted by molar-refractivity contribution is 0.108. The molecule has 0 aliphatic heterocycles. The van der Waals surface area contributed by atoms with Crippen LogP contribution in [-0.2, 0) is 0 Å². The van der Waals surface area contributed by atoms with Gasteiger partial charge in [-0.15, -0.1) is 0 Å². The van der Waals surface area contributed by atoms with Crippen molar-refractivity contribution < 1.29 is 18.7 Å². The van der Waals surface area contributed by atoms with Crippen molar-refractivity contribution in [3.63, 3.8) is 0 Å². The fraction of sp³-hybridized carbons (Fsp3) is 0.594. The minimum absolute atomic E-state index is 0.0338. The Morgan fingerprint density at radius 2 is 1.22 bits per heavy atom. The molecule has 0 amide bonds. The van der Waals surface area contributed by atoms with E-state index in [1.165, 1.54) is 69.5 Å². The average molecular weight is 531 g/mol. The van der Waals surface area contributed by atoms with Gasteiger partial charge in [0.2, 0.25) is 5.12 Å². The Morgan fingerprint density at radius 1 is 0.703 bits per heavy atom. The van der Waals surface area contributed by atoms with Crippen molar-refractivity contribution in [2.24, 2.45) is 0 Å². The number of alkyl halides is 1. The number of thioether (sulfide) groups is 1. The zero-order valence-electron chi connectivity index (χ0n) is 23.0. The summed E-state index contributed by atoms with van der Waals surface area (Å²) < 4.78 is 25.3. The number of carbonyl (C=O) groups excluding carboxylic acids is 1. The third-order valence-electron chi connectivity index (χ3n) is 6.44.